The molecule has 7 heteroatoms. The summed E-state index contributed by atoms with van der Waals surface area (Å²) in [6.45, 7) is 0. The third-order valence-corrected chi connectivity index (χ3v) is 1.88. The van der Waals surface area contributed by atoms with Gasteiger partial charge in [0.2, 0.25) is 0 Å². The van der Waals surface area contributed by atoms with E-state index in [9.17, 15) is 4.79 Å². The Morgan fingerprint density at radius 1 is 1.50 bits per heavy atom. The molecule has 0 N–H and O–H groups in total. The zero-order chi connectivity index (χ0) is 9.26. The normalized spacial score (nSPS) is 9.79. The first-order chi connectivity index (χ1) is 6.31. The van der Waals surface area contributed by atoms with Gasteiger partial charge in [-0.3, -0.25) is 4.79 Å². The smallest absolute Gasteiger partial charge is 0.179 e. The highest BCUT2D eigenvalue weighted by molar-refractivity contribution is 6.30. The molecule has 0 atom stereocenters. The highest BCUT2D eigenvalue weighted by Crippen LogP contribution is 2.03. The van der Waals surface area contributed by atoms with Gasteiger partial charge in [-0.25, -0.2) is 0 Å². The Balaban J connectivity index is 0.000000980. The Hall–Kier alpha value is -1.20. The number of pyridine rings is 1. The topological polar surface area (TPSA) is 60.2 Å². The van der Waals surface area contributed by atoms with Gasteiger partial charge >= 0.3 is 0 Å². The van der Waals surface area contributed by atoms with Crippen molar-refractivity contribution in [2.75, 3.05) is 5.88 Å². The minimum atomic E-state index is -0.140. The predicted molar refractivity (Wildman–Crippen MR) is 53.1 cm³/mol. The van der Waals surface area contributed by atoms with Crippen LogP contribution in [-0.2, 0) is 0 Å². The fourth-order valence-electron chi connectivity index (χ4n) is 0.983. The summed E-state index contributed by atoms with van der Waals surface area (Å²) in [6.07, 6.45) is 1.56. The van der Waals surface area contributed by atoms with E-state index < -0.39 is 0 Å². The average molecular weight is 233 g/mol. The van der Waals surface area contributed by atoms with Gasteiger partial charge in [-0.1, -0.05) is 0 Å². The van der Waals surface area contributed by atoms with Crippen LogP contribution in [0.15, 0.2) is 18.3 Å². The maximum absolute atomic E-state index is 11.2. The van der Waals surface area contributed by atoms with Crippen LogP contribution in [0.1, 0.15) is 10.4 Å². The molecule has 74 valence electrons. The molecule has 5 nitrogen and oxygen atoms in total. The summed E-state index contributed by atoms with van der Waals surface area (Å²) >= 11 is 5.40. The van der Waals surface area contributed by atoms with Crippen LogP contribution in [0.5, 0.6) is 0 Å². The van der Waals surface area contributed by atoms with Gasteiger partial charge < -0.3 is 0 Å². The number of ketones is 1. The summed E-state index contributed by atoms with van der Waals surface area (Å²) < 4.78 is 1.43. The van der Waals surface area contributed by atoms with Crippen LogP contribution in [0.3, 0.4) is 0 Å². The van der Waals surface area contributed by atoms with Crippen LogP contribution in [0.2, 0.25) is 0 Å². The lowest BCUT2D eigenvalue weighted by molar-refractivity contribution is 0.102. The molecule has 0 unspecified atom stereocenters. The van der Waals surface area contributed by atoms with Crippen LogP contribution in [-0.4, -0.2) is 31.7 Å². The van der Waals surface area contributed by atoms with Crippen molar-refractivity contribution in [2.45, 2.75) is 0 Å². The maximum Gasteiger partial charge on any atom is 0.179 e. The van der Waals surface area contributed by atoms with Crippen molar-refractivity contribution in [3.63, 3.8) is 0 Å². The Morgan fingerprint density at radius 2 is 2.29 bits per heavy atom. The highest BCUT2D eigenvalue weighted by atomic mass is 35.5. The van der Waals surface area contributed by atoms with Crippen molar-refractivity contribution in [1.82, 2.24) is 20.0 Å². The number of halogens is 2. The number of rotatable bonds is 2. The number of carbonyl (C=O) groups excluding carboxylic acids is 1. The summed E-state index contributed by atoms with van der Waals surface area (Å²) in [5, 5.41) is 10.8. The van der Waals surface area contributed by atoms with E-state index in [-0.39, 0.29) is 24.1 Å². The number of hydrogen-bond acceptors (Lipinski definition) is 4. The van der Waals surface area contributed by atoms with Crippen LogP contribution in [0, 0.1) is 0 Å². The molecule has 14 heavy (non-hydrogen) atoms. The van der Waals surface area contributed by atoms with E-state index in [0.717, 1.165) is 0 Å². The molecule has 2 heterocycles. The molecule has 0 fully saturated rings. The van der Waals surface area contributed by atoms with Crippen molar-refractivity contribution in [3.8, 4) is 0 Å². The molecular formula is C7H6Cl2N4O. The van der Waals surface area contributed by atoms with Crippen LogP contribution in [0.25, 0.3) is 5.65 Å². The summed E-state index contributed by atoms with van der Waals surface area (Å²) in [5.74, 6) is -0.174. The van der Waals surface area contributed by atoms with E-state index in [1.807, 2.05) is 0 Å². The zero-order valence-corrected chi connectivity index (χ0v) is 8.49. The van der Waals surface area contributed by atoms with Crippen molar-refractivity contribution in [2.24, 2.45) is 0 Å². The van der Waals surface area contributed by atoms with Gasteiger partial charge in [0.15, 0.2) is 11.4 Å². The highest BCUT2D eigenvalue weighted by Gasteiger charge is 2.05. The van der Waals surface area contributed by atoms with Gasteiger partial charge in [0.25, 0.3) is 0 Å². The van der Waals surface area contributed by atoms with E-state index in [1.54, 1.807) is 18.3 Å². The molecule has 0 aliphatic heterocycles. The number of aromatic nitrogens is 4. The molecule has 0 aliphatic carbocycles. The van der Waals surface area contributed by atoms with E-state index in [2.05, 4.69) is 15.5 Å². The number of tetrazole rings is 1. The molecule has 2 aromatic heterocycles. The van der Waals surface area contributed by atoms with Crippen molar-refractivity contribution in [3.05, 3.63) is 23.9 Å². The fourth-order valence-corrected chi connectivity index (χ4v) is 1.14. The number of nitrogens with zero attached hydrogens (tertiary/aromatic N) is 4. The molecule has 0 spiro atoms. The molecule has 2 aromatic rings. The minimum absolute atomic E-state index is 0. The summed E-state index contributed by atoms with van der Waals surface area (Å²) in [4.78, 5) is 11.2. The summed E-state index contributed by atoms with van der Waals surface area (Å²) in [7, 11) is 0. The largest absolute Gasteiger partial charge is 0.293 e. The Kier molecular flexibility index (Phi) is 3.38. The fraction of sp³-hybridized carbons (Fsp3) is 0.143. The first-order valence-electron chi connectivity index (χ1n) is 3.58. The number of hydrogen-bond donors (Lipinski definition) is 0. The van der Waals surface area contributed by atoms with Crippen molar-refractivity contribution >= 4 is 35.4 Å². The molecule has 0 saturated carbocycles. The van der Waals surface area contributed by atoms with Crippen LogP contribution >= 0.6 is 24.0 Å². The monoisotopic (exact) mass is 232 g/mol. The SMILES string of the molecule is Cl.O=C(CCl)c1ccc2nnnn2c1. The number of carbonyl (C=O) groups is 1. The Bertz CT molecular complexity index is 456. The second kappa shape index (κ2) is 4.34. The molecule has 0 amide bonds. The zero-order valence-electron chi connectivity index (χ0n) is 6.92. The van der Waals surface area contributed by atoms with Crippen molar-refractivity contribution < 1.29 is 4.79 Å². The minimum Gasteiger partial charge on any atom is -0.293 e. The van der Waals surface area contributed by atoms with Gasteiger partial charge in [0, 0.05) is 11.8 Å². The number of alkyl halides is 1. The maximum atomic E-state index is 11.2. The van der Waals surface area contributed by atoms with Gasteiger partial charge in [0.05, 0.1) is 5.88 Å². The standard InChI is InChI=1S/C7H5ClN4O.ClH/c8-3-6(13)5-1-2-7-9-10-11-12(7)4-5;/h1-2,4H,3H2;1H. The van der Waals surface area contributed by atoms with Crippen molar-refractivity contribution in [1.29, 1.82) is 0 Å². The molecule has 0 saturated heterocycles. The quantitative estimate of drug-likeness (QED) is 0.572. The van der Waals surface area contributed by atoms with Gasteiger partial charge in [0.1, 0.15) is 0 Å². The third-order valence-electron chi connectivity index (χ3n) is 1.63. The first kappa shape index (κ1) is 10.9. The van der Waals surface area contributed by atoms with E-state index >= 15 is 0 Å². The van der Waals surface area contributed by atoms with Gasteiger partial charge in [-0.15, -0.1) is 29.1 Å². The van der Waals surface area contributed by atoms with E-state index in [1.165, 1.54) is 4.52 Å². The Morgan fingerprint density at radius 3 is 3.00 bits per heavy atom. The lowest BCUT2D eigenvalue weighted by Gasteiger charge is -1.95. The van der Waals surface area contributed by atoms with Gasteiger partial charge in [-0.2, -0.15) is 4.52 Å². The van der Waals surface area contributed by atoms with Gasteiger partial charge in [-0.05, 0) is 22.6 Å². The lowest BCUT2D eigenvalue weighted by Crippen LogP contribution is -2.02. The van der Waals surface area contributed by atoms with Crippen LogP contribution in [0.4, 0.5) is 0 Å². The molecule has 0 radical (unpaired) electrons. The summed E-state index contributed by atoms with van der Waals surface area (Å²) in [6, 6.07) is 3.32. The molecule has 2 rings (SSSR count). The predicted octanol–water partition coefficient (Wildman–Crippen LogP) is 0.968. The van der Waals surface area contributed by atoms with E-state index in [0.29, 0.717) is 11.2 Å². The second-order valence-corrected chi connectivity index (χ2v) is 2.72. The number of Topliss-reactive ketones (excluding diaryl/α,β-unsaturated/α-hetero) is 1. The summed E-state index contributed by atoms with van der Waals surface area (Å²) in [5.41, 5.74) is 1.11. The molecule has 0 aliphatic rings. The molecule has 0 bridgehead atoms. The first-order valence-corrected chi connectivity index (χ1v) is 4.11. The average Bonchev–Trinajstić information content (AvgIpc) is 2.63. The van der Waals surface area contributed by atoms with E-state index in [4.69, 9.17) is 11.6 Å². The Labute approximate surface area is 90.5 Å². The molecular weight excluding hydrogens is 227 g/mol. The van der Waals surface area contributed by atoms with Crippen LogP contribution < -0.4 is 0 Å². The molecule has 0 aromatic carbocycles. The second-order valence-electron chi connectivity index (χ2n) is 2.46. The third kappa shape index (κ3) is 1.83. The lowest BCUT2D eigenvalue weighted by atomic mass is 10.2. The number of fused-ring (bicyclic) bond motifs is 1.